The number of alkyl halides is 2. The Morgan fingerprint density at radius 2 is 1.78 bits per heavy atom. The summed E-state index contributed by atoms with van der Waals surface area (Å²) in [5.41, 5.74) is 7.23. The highest BCUT2D eigenvalue weighted by Crippen LogP contribution is 2.44. The van der Waals surface area contributed by atoms with Crippen LogP contribution in [0.3, 0.4) is 0 Å². The van der Waals surface area contributed by atoms with Crippen LogP contribution in [0.2, 0.25) is 0 Å². The lowest BCUT2D eigenvalue weighted by atomic mass is 9.93. The van der Waals surface area contributed by atoms with Gasteiger partial charge in [-0.2, -0.15) is 0 Å². The maximum Gasteiger partial charge on any atom is 0.248 e. The summed E-state index contributed by atoms with van der Waals surface area (Å²) in [4.78, 5) is 0. The number of nitrogens with zero attached hydrogens (tertiary/aromatic N) is 1. The first kappa shape index (κ1) is 18.1. The second kappa shape index (κ2) is 6.40. The molecule has 1 fully saturated rings. The molecule has 1 saturated carbocycles. The summed E-state index contributed by atoms with van der Waals surface area (Å²) in [5, 5.41) is 2.26. The second-order valence-electron chi connectivity index (χ2n) is 8.21. The monoisotopic (exact) mass is 366 g/mol. The molecule has 2 aromatic carbocycles. The van der Waals surface area contributed by atoms with Crippen molar-refractivity contribution in [2.45, 2.75) is 51.9 Å². The number of pyridine rings is 1. The van der Waals surface area contributed by atoms with Crippen molar-refractivity contribution < 1.29 is 13.3 Å². The van der Waals surface area contributed by atoms with E-state index in [0.717, 1.165) is 22.0 Å². The smallest absolute Gasteiger partial charge is 0.207 e. The highest BCUT2D eigenvalue weighted by molar-refractivity contribution is 5.85. The van der Waals surface area contributed by atoms with E-state index in [-0.39, 0.29) is 18.8 Å². The molecule has 0 bridgehead atoms. The molecule has 3 aromatic rings. The summed E-state index contributed by atoms with van der Waals surface area (Å²) in [5.74, 6) is -2.55. The Bertz CT molecular complexity index is 1040. The average molecular weight is 366 g/mol. The quantitative estimate of drug-likeness (QED) is 0.478. The van der Waals surface area contributed by atoms with Gasteiger partial charge in [0.15, 0.2) is 6.20 Å². The third-order valence-corrected chi connectivity index (χ3v) is 6.08. The van der Waals surface area contributed by atoms with Gasteiger partial charge in [-0.3, -0.25) is 0 Å². The molecule has 3 heteroatoms. The second-order valence-corrected chi connectivity index (χ2v) is 8.21. The van der Waals surface area contributed by atoms with E-state index in [1.165, 1.54) is 22.3 Å². The van der Waals surface area contributed by atoms with Gasteiger partial charge >= 0.3 is 0 Å². The van der Waals surface area contributed by atoms with Crippen molar-refractivity contribution in [2.75, 3.05) is 0 Å². The number of benzene rings is 2. The standard InChI is InChI=1S/C24H26F2N/c1-15-9-16(2)17(3)22(10-15)23-12-21-11-18(5-6-20(21)14-27(23)4)19-7-8-24(25,26)13-19/h5-6,9-12,14,19H,7-8,13H2,1-4H3/q+1. The van der Waals surface area contributed by atoms with Crippen LogP contribution in [0.5, 0.6) is 0 Å². The molecule has 0 spiro atoms. The summed E-state index contributed by atoms with van der Waals surface area (Å²) >= 11 is 0. The zero-order valence-corrected chi connectivity index (χ0v) is 16.4. The van der Waals surface area contributed by atoms with Crippen molar-refractivity contribution in [2.24, 2.45) is 7.05 Å². The molecule has 1 nitrogen and oxygen atoms in total. The van der Waals surface area contributed by atoms with Gasteiger partial charge in [0.25, 0.3) is 0 Å². The van der Waals surface area contributed by atoms with E-state index in [0.29, 0.717) is 6.42 Å². The molecule has 27 heavy (non-hydrogen) atoms. The van der Waals surface area contributed by atoms with Gasteiger partial charge in [0.05, 0.1) is 0 Å². The van der Waals surface area contributed by atoms with Crippen molar-refractivity contribution in [3.8, 4) is 11.3 Å². The molecule has 4 rings (SSSR count). The van der Waals surface area contributed by atoms with Gasteiger partial charge in [-0.25, -0.2) is 13.3 Å². The normalized spacial score (nSPS) is 19.0. The minimum absolute atomic E-state index is 0.00642. The van der Waals surface area contributed by atoms with Crippen LogP contribution in [0.25, 0.3) is 22.0 Å². The van der Waals surface area contributed by atoms with Crippen LogP contribution >= 0.6 is 0 Å². The number of rotatable bonds is 2. The molecule has 0 N–H and O–H groups in total. The van der Waals surface area contributed by atoms with Crippen LogP contribution in [0.15, 0.2) is 42.6 Å². The summed E-state index contributed by atoms with van der Waals surface area (Å²) in [6.07, 6.45) is 2.69. The summed E-state index contributed by atoms with van der Waals surface area (Å²) in [6, 6.07) is 12.8. The number of hydrogen-bond acceptors (Lipinski definition) is 0. The fraction of sp³-hybridized carbons (Fsp3) is 0.375. The SMILES string of the molecule is Cc1cc(C)c(C)c(-c2cc3cc(C4CCC(F)(F)C4)ccc3c[n+]2C)c1. The minimum atomic E-state index is -2.51. The maximum absolute atomic E-state index is 13.6. The van der Waals surface area contributed by atoms with Gasteiger partial charge in [0.2, 0.25) is 11.6 Å². The van der Waals surface area contributed by atoms with E-state index >= 15 is 0 Å². The van der Waals surface area contributed by atoms with E-state index < -0.39 is 5.92 Å². The zero-order valence-electron chi connectivity index (χ0n) is 16.4. The molecule has 1 aliphatic carbocycles. The maximum atomic E-state index is 13.6. The highest BCUT2D eigenvalue weighted by atomic mass is 19.3. The van der Waals surface area contributed by atoms with Crippen molar-refractivity contribution in [3.63, 3.8) is 0 Å². The molecule has 0 amide bonds. The van der Waals surface area contributed by atoms with E-state index in [1.54, 1.807) is 0 Å². The van der Waals surface area contributed by atoms with Crippen LogP contribution < -0.4 is 4.57 Å². The lowest BCUT2D eigenvalue weighted by Crippen LogP contribution is -2.30. The van der Waals surface area contributed by atoms with E-state index in [2.05, 4.69) is 68.9 Å². The van der Waals surface area contributed by atoms with Crippen molar-refractivity contribution >= 4 is 10.8 Å². The highest BCUT2D eigenvalue weighted by Gasteiger charge is 2.39. The predicted molar refractivity (Wildman–Crippen MR) is 106 cm³/mol. The minimum Gasteiger partial charge on any atom is -0.207 e. The molecule has 0 radical (unpaired) electrons. The van der Waals surface area contributed by atoms with Crippen molar-refractivity contribution in [1.29, 1.82) is 0 Å². The van der Waals surface area contributed by atoms with Crippen LogP contribution in [0.1, 0.15) is 47.4 Å². The van der Waals surface area contributed by atoms with E-state index in [9.17, 15) is 8.78 Å². The third-order valence-electron chi connectivity index (χ3n) is 6.08. The van der Waals surface area contributed by atoms with Crippen LogP contribution in [0, 0.1) is 20.8 Å². The third kappa shape index (κ3) is 3.36. The fourth-order valence-electron chi connectivity index (χ4n) is 4.43. The molecule has 1 aliphatic rings. The average Bonchev–Trinajstić information content (AvgIpc) is 2.97. The first-order valence-electron chi connectivity index (χ1n) is 9.63. The Morgan fingerprint density at radius 1 is 1.00 bits per heavy atom. The molecular formula is C24H26F2N+. The van der Waals surface area contributed by atoms with Gasteiger partial charge in [0.1, 0.15) is 7.05 Å². The Labute approximate surface area is 159 Å². The van der Waals surface area contributed by atoms with Crippen LogP contribution in [-0.4, -0.2) is 5.92 Å². The Morgan fingerprint density at radius 3 is 2.48 bits per heavy atom. The summed E-state index contributed by atoms with van der Waals surface area (Å²) in [6.45, 7) is 6.42. The zero-order chi connectivity index (χ0) is 19.3. The van der Waals surface area contributed by atoms with Gasteiger partial charge in [-0.15, -0.1) is 0 Å². The van der Waals surface area contributed by atoms with Crippen molar-refractivity contribution in [3.05, 3.63) is 64.8 Å². The molecule has 0 aliphatic heterocycles. The molecule has 1 aromatic heterocycles. The number of halogens is 2. The van der Waals surface area contributed by atoms with Crippen LogP contribution in [0.4, 0.5) is 8.78 Å². The topological polar surface area (TPSA) is 3.88 Å². The molecule has 140 valence electrons. The lowest BCUT2D eigenvalue weighted by molar-refractivity contribution is -0.659. The van der Waals surface area contributed by atoms with Gasteiger partial charge in [-0.05, 0) is 67.3 Å². The van der Waals surface area contributed by atoms with E-state index in [4.69, 9.17) is 0 Å². The number of aryl methyl sites for hydroxylation is 3. The number of aromatic nitrogens is 1. The van der Waals surface area contributed by atoms with Crippen molar-refractivity contribution in [1.82, 2.24) is 0 Å². The summed E-state index contributed by atoms with van der Waals surface area (Å²) in [7, 11) is 2.07. The van der Waals surface area contributed by atoms with Gasteiger partial charge in [-0.1, -0.05) is 23.8 Å². The van der Waals surface area contributed by atoms with Gasteiger partial charge < -0.3 is 0 Å². The largest absolute Gasteiger partial charge is 0.248 e. The lowest BCUT2D eigenvalue weighted by Gasteiger charge is -2.13. The number of fused-ring (bicyclic) bond motifs is 1. The molecular weight excluding hydrogens is 340 g/mol. The Hall–Kier alpha value is -2.29. The van der Waals surface area contributed by atoms with E-state index in [1.807, 2.05) is 6.07 Å². The summed E-state index contributed by atoms with van der Waals surface area (Å²) < 4.78 is 29.5. The van der Waals surface area contributed by atoms with Gasteiger partial charge in [0, 0.05) is 29.9 Å². The molecule has 1 heterocycles. The fourth-order valence-corrected chi connectivity index (χ4v) is 4.43. The molecule has 1 atom stereocenters. The Balaban J connectivity index is 1.83. The first-order valence-corrected chi connectivity index (χ1v) is 9.63. The molecule has 0 saturated heterocycles. The predicted octanol–water partition coefficient (Wildman–Crippen LogP) is 6.16. The Kier molecular flexibility index (Phi) is 4.29. The van der Waals surface area contributed by atoms with Crippen LogP contribution in [-0.2, 0) is 7.05 Å². The number of hydrogen-bond donors (Lipinski definition) is 0. The molecule has 1 unspecified atom stereocenters. The first-order chi connectivity index (χ1) is 12.7.